The number of hydrogen-bond donors (Lipinski definition) is 2. The Balaban J connectivity index is 2.42. The second kappa shape index (κ2) is 7.48. The van der Waals surface area contributed by atoms with Crippen molar-refractivity contribution in [3.05, 3.63) is 35.4 Å². The normalized spacial score (nSPS) is 9.89. The van der Waals surface area contributed by atoms with Crippen LogP contribution in [0.25, 0.3) is 0 Å². The SMILES string of the molecule is CCC(=O)NCc1ccc(CNC(=O)CC)cc1. The molecule has 0 heterocycles. The Kier molecular flexibility index (Phi) is 5.91. The molecule has 0 saturated heterocycles. The lowest BCUT2D eigenvalue weighted by Gasteiger charge is -2.06. The van der Waals surface area contributed by atoms with Crippen LogP contribution in [0, 0.1) is 0 Å². The monoisotopic (exact) mass is 248 g/mol. The van der Waals surface area contributed by atoms with E-state index >= 15 is 0 Å². The smallest absolute Gasteiger partial charge is 0.219 e. The van der Waals surface area contributed by atoms with E-state index in [4.69, 9.17) is 0 Å². The van der Waals surface area contributed by atoms with Crippen molar-refractivity contribution in [1.29, 1.82) is 0 Å². The van der Waals surface area contributed by atoms with Crippen LogP contribution in [0.4, 0.5) is 0 Å². The Morgan fingerprint density at radius 3 is 1.44 bits per heavy atom. The van der Waals surface area contributed by atoms with Gasteiger partial charge in [-0.1, -0.05) is 38.1 Å². The van der Waals surface area contributed by atoms with Crippen LogP contribution < -0.4 is 10.6 Å². The summed E-state index contributed by atoms with van der Waals surface area (Å²) in [5, 5.41) is 5.64. The molecule has 2 N–H and O–H groups in total. The lowest BCUT2D eigenvalue weighted by Crippen LogP contribution is -2.22. The van der Waals surface area contributed by atoms with E-state index in [2.05, 4.69) is 10.6 Å². The Labute approximate surface area is 108 Å². The van der Waals surface area contributed by atoms with E-state index in [1.54, 1.807) is 0 Å². The van der Waals surface area contributed by atoms with Crippen molar-refractivity contribution < 1.29 is 9.59 Å². The van der Waals surface area contributed by atoms with Gasteiger partial charge in [0.1, 0.15) is 0 Å². The number of benzene rings is 1. The van der Waals surface area contributed by atoms with Gasteiger partial charge < -0.3 is 10.6 Å². The van der Waals surface area contributed by atoms with Crippen molar-refractivity contribution in [1.82, 2.24) is 10.6 Å². The van der Waals surface area contributed by atoms with Crippen LogP contribution in [-0.2, 0) is 22.7 Å². The minimum absolute atomic E-state index is 0.0503. The molecule has 4 nitrogen and oxygen atoms in total. The van der Waals surface area contributed by atoms with Crippen LogP contribution in [0.3, 0.4) is 0 Å². The van der Waals surface area contributed by atoms with E-state index in [-0.39, 0.29) is 11.8 Å². The highest BCUT2D eigenvalue weighted by Crippen LogP contribution is 2.04. The molecule has 0 aliphatic carbocycles. The maximum absolute atomic E-state index is 11.1. The molecule has 1 rings (SSSR count). The number of rotatable bonds is 6. The third-order valence-electron chi connectivity index (χ3n) is 2.64. The molecule has 0 radical (unpaired) electrons. The van der Waals surface area contributed by atoms with E-state index in [1.807, 2.05) is 38.1 Å². The van der Waals surface area contributed by atoms with Gasteiger partial charge in [0.05, 0.1) is 0 Å². The fourth-order valence-corrected chi connectivity index (χ4v) is 1.43. The molecule has 2 amide bonds. The van der Waals surface area contributed by atoms with Gasteiger partial charge >= 0.3 is 0 Å². The highest BCUT2D eigenvalue weighted by Gasteiger charge is 2.00. The van der Waals surface area contributed by atoms with E-state index < -0.39 is 0 Å². The first-order valence-corrected chi connectivity index (χ1v) is 6.27. The summed E-state index contributed by atoms with van der Waals surface area (Å²) in [4.78, 5) is 22.2. The maximum atomic E-state index is 11.1. The van der Waals surface area contributed by atoms with Crippen molar-refractivity contribution in [2.45, 2.75) is 39.8 Å². The van der Waals surface area contributed by atoms with Gasteiger partial charge in [0, 0.05) is 25.9 Å². The molecule has 0 saturated carbocycles. The third-order valence-corrected chi connectivity index (χ3v) is 2.64. The molecule has 0 spiro atoms. The first-order valence-electron chi connectivity index (χ1n) is 6.27. The van der Waals surface area contributed by atoms with E-state index in [0.717, 1.165) is 11.1 Å². The van der Waals surface area contributed by atoms with Crippen LogP contribution in [0.2, 0.25) is 0 Å². The molecular weight excluding hydrogens is 228 g/mol. The Bertz CT molecular complexity index is 360. The lowest BCUT2D eigenvalue weighted by atomic mass is 10.1. The molecule has 0 aliphatic rings. The summed E-state index contributed by atoms with van der Waals surface area (Å²) in [6.07, 6.45) is 1.00. The van der Waals surface area contributed by atoms with Gasteiger partial charge in [-0.3, -0.25) is 9.59 Å². The molecule has 18 heavy (non-hydrogen) atoms. The summed E-state index contributed by atoms with van der Waals surface area (Å²) in [5.74, 6) is 0.101. The molecule has 0 unspecified atom stereocenters. The third kappa shape index (κ3) is 4.99. The second-order valence-electron chi connectivity index (χ2n) is 4.08. The van der Waals surface area contributed by atoms with Gasteiger partial charge in [-0.2, -0.15) is 0 Å². The predicted octanol–water partition coefficient (Wildman–Crippen LogP) is 1.74. The highest BCUT2D eigenvalue weighted by molar-refractivity contribution is 5.75. The van der Waals surface area contributed by atoms with E-state index in [9.17, 15) is 9.59 Å². The zero-order valence-electron chi connectivity index (χ0n) is 11.0. The van der Waals surface area contributed by atoms with Gasteiger partial charge in [0.15, 0.2) is 0 Å². The highest BCUT2D eigenvalue weighted by atomic mass is 16.2. The largest absolute Gasteiger partial charge is 0.352 e. The summed E-state index contributed by atoms with van der Waals surface area (Å²) in [7, 11) is 0. The van der Waals surface area contributed by atoms with E-state index in [1.165, 1.54) is 0 Å². The summed E-state index contributed by atoms with van der Waals surface area (Å²) in [5.41, 5.74) is 2.12. The molecule has 0 aliphatic heterocycles. The van der Waals surface area contributed by atoms with Crippen molar-refractivity contribution in [3.8, 4) is 0 Å². The molecular formula is C14H20N2O2. The molecule has 98 valence electrons. The van der Waals surface area contributed by atoms with Crippen molar-refractivity contribution in [3.63, 3.8) is 0 Å². The zero-order chi connectivity index (χ0) is 13.4. The standard InChI is InChI=1S/C14H20N2O2/c1-3-13(17)15-9-11-5-7-12(8-6-11)10-16-14(18)4-2/h5-8H,3-4,9-10H2,1-2H3,(H,15,17)(H,16,18). The minimum atomic E-state index is 0.0503. The average molecular weight is 248 g/mol. The molecule has 0 aromatic heterocycles. The first-order chi connectivity index (χ1) is 8.65. The predicted molar refractivity (Wildman–Crippen MR) is 70.7 cm³/mol. The Morgan fingerprint density at radius 1 is 0.833 bits per heavy atom. The van der Waals surface area contributed by atoms with Gasteiger partial charge in [-0.25, -0.2) is 0 Å². The van der Waals surface area contributed by atoms with E-state index in [0.29, 0.717) is 25.9 Å². The van der Waals surface area contributed by atoms with Gasteiger partial charge in [0.2, 0.25) is 11.8 Å². The molecule has 0 atom stereocenters. The number of amides is 2. The molecule has 0 fully saturated rings. The van der Waals surface area contributed by atoms with Crippen LogP contribution >= 0.6 is 0 Å². The molecule has 4 heteroatoms. The van der Waals surface area contributed by atoms with Crippen LogP contribution in [0.5, 0.6) is 0 Å². The van der Waals surface area contributed by atoms with Gasteiger partial charge in [-0.05, 0) is 11.1 Å². The molecule has 1 aromatic rings. The number of nitrogens with one attached hydrogen (secondary N) is 2. The van der Waals surface area contributed by atoms with Crippen LogP contribution in [0.1, 0.15) is 37.8 Å². The number of carbonyl (C=O) groups is 2. The fraction of sp³-hybridized carbons (Fsp3) is 0.429. The lowest BCUT2D eigenvalue weighted by molar-refractivity contribution is -0.121. The summed E-state index contributed by atoms with van der Waals surface area (Å²) in [6, 6.07) is 7.85. The van der Waals surface area contributed by atoms with Crippen molar-refractivity contribution >= 4 is 11.8 Å². The molecule has 1 aromatic carbocycles. The Morgan fingerprint density at radius 2 is 1.17 bits per heavy atom. The van der Waals surface area contributed by atoms with Gasteiger partial charge in [0.25, 0.3) is 0 Å². The topological polar surface area (TPSA) is 58.2 Å². The summed E-state index contributed by atoms with van der Waals surface area (Å²) in [6.45, 7) is 4.76. The molecule has 0 bridgehead atoms. The second-order valence-corrected chi connectivity index (χ2v) is 4.08. The van der Waals surface area contributed by atoms with Crippen molar-refractivity contribution in [2.75, 3.05) is 0 Å². The maximum Gasteiger partial charge on any atom is 0.219 e. The zero-order valence-corrected chi connectivity index (χ0v) is 11.0. The van der Waals surface area contributed by atoms with Crippen LogP contribution in [0.15, 0.2) is 24.3 Å². The van der Waals surface area contributed by atoms with Crippen LogP contribution in [-0.4, -0.2) is 11.8 Å². The first kappa shape index (κ1) is 14.2. The Hall–Kier alpha value is -1.84. The quantitative estimate of drug-likeness (QED) is 0.805. The number of hydrogen-bond acceptors (Lipinski definition) is 2. The van der Waals surface area contributed by atoms with Crippen molar-refractivity contribution in [2.24, 2.45) is 0 Å². The fourth-order valence-electron chi connectivity index (χ4n) is 1.43. The number of carbonyl (C=O) groups excluding carboxylic acids is 2. The van der Waals surface area contributed by atoms with Gasteiger partial charge in [-0.15, -0.1) is 0 Å². The minimum Gasteiger partial charge on any atom is -0.352 e. The average Bonchev–Trinajstić information content (AvgIpc) is 2.43. The summed E-state index contributed by atoms with van der Waals surface area (Å²) >= 11 is 0. The summed E-state index contributed by atoms with van der Waals surface area (Å²) < 4.78 is 0.